The number of ether oxygens (including phenoxy) is 1. The van der Waals surface area contributed by atoms with E-state index in [4.69, 9.17) is 51.1 Å². The quantitative estimate of drug-likeness (QED) is 0.0892. The molecule has 4 aromatic carbocycles. The number of nitrogens with one attached hydrogen (secondary N) is 2. The number of esters is 1. The SMILES string of the molecule is O=C(Oc1ccccc1C=NNC(=O)c1[nH]c2c(Cl)cc(Cl)cc2c1-c1ccccc1Cl)c1ccc(Cl)cc1. The molecule has 0 aliphatic rings. The van der Waals surface area contributed by atoms with E-state index in [-0.39, 0.29) is 11.4 Å². The van der Waals surface area contributed by atoms with Gasteiger partial charge in [0, 0.05) is 37.1 Å². The number of hydrogen-bond donors (Lipinski definition) is 2. The number of para-hydroxylation sites is 1. The van der Waals surface area contributed by atoms with Crippen LogP contribution in [0.1, 0.15) is 26.4 Å². The summed E-state index contributed by atoms with van der Waals surface area (Å²) in [5, 5.41) is 6.44. The van der Waals surface area contributed by atoms with Crippen LogP contribution in [0.5, 0.6) is 5.75 Å². The first-order valence-corrected chi connectivity index (χ1v) is 13.0. The van der Waals surface area contributed by atoms with Gasteiger partial charge in [-0.1, -0.05) is 76.7 Å². The predicted octanol–water partition coefficient (Wildman–Crippen LogP) is 8.43. The number of benzene rings is 4. The fourth-order valence-corrected chi connectivity index (χ4v) is 4.87. The third-order valence-corrected chi connectivity index (χ3v) is 6.86. The zero-order valence-corrected chi connectivity index (χ0v) is 22.9. The van der Waals surface area contributed by atoms with E-state index >= 15 is 0 Å². The molecule has 0 spiro atoms. The Kier molecular flexibility index (Phi) is 7.91. The van der Waals surface area contributed by atoms with Crippen molar-refractivity contribution < 1.29 is 14.3 Å². The van der Waals surface area contributed by atoms with Crippen molar-refractivity contribution in [2.75, 3.05) is 0 Å². The topological polar surface area (TPSA) is 83.5 Å². The number of H-pyrrole nitrogens is 1. The Hall–Kier alpha value is -3.81. The largest absolute Gasteiger partial charge is 0.422 e. The third-order valence-electron chi connectivity index (χ3n) is 5.77. The van der Waals surface area contributed by atoms with Gasteiger partial charge in [-0.2, -0.15) is 5.10 Å². The molecule has 6 nitrogen and oxygen atoms in total. The molecule has 5 aromatic rings. The van der Waals surface area contributed by atoms with Crippen molar-refractivity contribution >= 4 is 75.4 Å². The Morgan fingerprint density at radius 1 is 0.821 bits per heavy atom. The van der Waals surface area contributed by atoms with Gasteiger partial charge < -0.3 is 9.72 Å². The number of aromatic nitrogens is 1. The van der Waals surface area contributed by atoms with Gasteiger partial charge >= 0.3 is 5.97 Å². The molecule has 0 aliphatic carbocycles. The van der Waals surface area contributed by atoms with E-state index in [2.05, 4.69) is 15.5 Å². The predicted molar refractivity (Wildman–Crippen MR) is 157 cm³/mol. The van der Waals surface area contributed by atoms with Crippen molar-refractivity contribution in [3.8, 4) is 16.9 Å². The van der Waals surface area contributed by atoms with E-state index in [0.717, 1.165) is 0 Å². The van der Waals surface area contributed by atoms with E-state index in [0.29, 0.717) is 53.2 Å². The summed E-state index contributed by atoms with van der Waals surface area (Å²) in [6, 6.07) is 23.5. The van der Waals surface area contributed by atoms with Crippen molar-refractivity contribution in [3.63, 3.8) is 0 Å². The number of rotatable bonds is 6. The van der Waals surface area contributed by atoms with Crippen molar-refractivity contribution in [1.82, 2.24) is 10.4 Å². The maximum Gasteiger partial charge on any atom is 0.343 e. The van der Waals surface area contributed by atoms with Gasteiger partial charge in [-0.05, 0) is 54.6 Å². The van der Waals surface area contributed by atoms with Crippen LogP contribution in [0.2, 0.25) is 20.1 Å². The van der Waals surface area contributed by atoms with Crippen molar-refractivity contribution in [1.29, 1.82) is 0 Å². The van der Waals surface area contributed by atoms with Gasteiger partial charge in [-0.3, -0.25) is 4.79 Å². The summed E-state index contributed by atoms with van der Waals surface area (Å²) in [5.74, 6) is -0.839. The van der Waals surface area contributed by atoms with Gasteiger partial charge in [-0.15, -0.1) is 0 Å². The lowest BCUT2D eigenvalue weighted by atomic mass is 10.0. The summed E-state index contributed by atoms with van der Waals surface area (Å²) in [5.41, 5.74) is 5.21. The van der Waals surface area contributed by atoms with Gasteiger partial charge in [0.1, 0.15) is 11.4 Å². The summed E-state index contributed by atoms with van der Waals surface area (Å²) < 4.78 is 5.53. The fourth-order valence-electron chi connectivity index (χ4n) is 3.98. The smallest absolute Gasteiger partial charge is 0.343 e. The summed E-state index contributed by atoms with van der Waals surface area (Å²) in [7, 11) is 0. The maximum absolute atomic E-state index is 13.3. The Morgan fingerprint density at radius 3 is 2.31 bits per heavy atom. The third kappa shape index (κ3) is 5.79. The number of amides is 1. The Morgan fingerprint density at radius 2 is 1.54 bits per heavy atom. The molecule has 194 valence electrons. The minimum atomic E-state index is -0.561. The highest BCUT2D eigenvalue weighted by Crippen LogP contribution is 2.40. The second kappa shape index (κ2) is 11.5. The number of hydrazone groups is 1. The van der Waals surface area contributed by atoms with E-state index in [1.807, 2.05) is 6.07 Å². The monoisotopic (exact) mass is 595 g/mol. The molecule has 0 aliphatic heterocycles. The van der Waals surface area contributed by atoms with Crippen LogP contribution in [0.25, 0.3) is 22.0 Å². The van der Waals surface area contributed by atoms with E-state index in [1.54, 1.807) is 78.9 Å². The molecule has 0 saturated carbocycles. The van der Waals surface area contributed by atoms with Crippen LogP contribution in [0, 0.1) is 0 Å². The van der Waals surface area contributed by atoms with Crippen LogP contribution in [-0.2, 0) is 0 Å². The highest BCUT2D eigenvalue weighted by Gasteiger charge is 2.22. The summed E-state index contributed by atoms with van der Waals surface area (Å²) in [4.78, 5) is 29.0. The molecule has 0 saturated heterocycles. The molecule has 39 heavy (non-hydrogen) atoms. The molecule has 1 aromatic heterocycles. The van der Waals surface area contributed by atoms with Gasteiger partial charge in [-0.25, -0.2) is 10.2 Å². The van der Waals surface area contributed by atoms with Crippen LogP contribution in [0.15, 0.2) is 90.0 Å². The minimum absolute atomic E-state index is 0.196. The van der Waals surface area contributed by atoms with E-state index in [9.17, 15) is 9.59 Å². The van der Waals surface area contributed by atoms with Crippen molar-refractivity contribution in [2.24, 2.45) is 5.10 Å². The van der Waals surface area contributed by atoms with Crippen LogP contribution in [0.4, 0.5) is 0 Å². The second-order valence-electron chi connectivity index (χ2n) is 8.30. The van der Waals surface area contributed by atoms with Gasteiger partial charge in [0.2, 0.25) is 0 Å². The number of halogens is 4. The number of hydrogen-bond acceptors (Lipinski definition) is 4. The average Bonchev–Trinajstić information content (AvgIpc) is 3.30. The molecular weight excluding hydrogens is 580 g/mol. The van der Waals surface area contributed by atoms with Gasteiger partial charge in [0.15, 0.2) is 0 Å². The van der Waals surface area contributed by atoms with Crippen molar-refractivity contribution in [2.45, 2.75) is 0 Å². The number of fused-ring (bicyclic) bond motifs is 1. The second-order valence-corrected chi connectivity index (χ2v) is 9.99. The highest BCUT2D eigenvalue weighted by atomic mass is 35.5. The normalized spacial score (nSPS) is 11.2. The maximum atomic E-state index is 13.3. The van der Waals surface area contributed by atoms with E-state index in [1.165, 1.54) is 6.21 Å². The summed E-state index contributed by atoms with van der Waals surface area (Å²) in [6.07, 6.45) is 1.38. The first-order valence-electron chi connectivity index (χ1n) is 11.5. The number of carbonyl (C=O) groups excluding carboxylic acids is 2. The van der Waals surface area contributed by atoms with Crippen LogP contribution >= 0.6 is 46.4 Å². The lowest BCUT2D eigenvalue weighted by Crippen LogP contribution is -2.19. The Labute approximate surface area is 243 Å². The number of nitrogens with zero attached hydrogens (tertiary/aromatic N) is 1. The van der Waals surface area contributed by atoms with Gasteiger partial charge in [0.05, 0.1) is 22.3 Å². The number of carbonyl (C=O) groups is 2. The zero-order valence-electron chi connectivity index (χ0n) is 19.8. The molecule has 5 rings (SSSR count). The van der Waals surface area contributed by atoms with Crippen molar-refractivity contribution in [3.05, 3.63) is 122 Å². The molecule has 1 heterocycles. The Bertz CT molecular complexity index is 1750. The van der Waals surface area contributed by atoms with Crippen LogP contribution in [0.3, 0.4) is 0 Å². The molecule has 0 atom stereocenters. The van der Waals surface area contributed by atoms with Crippen LogP contribution in [-0.4, -0.2) is 23.1 Å². The minimum Gasteiger partial charge on any atom is -0.422 e. The van der Waals surface area contributed by atoms with Crippen LogP contribution < -0.4 is 10.2 Å². The molecule has 0 fully saturated rings. The summed E-state index contributed by atoms with van der Waals surface area (Å²) >= 11 is 25.1. The van der Waals surface area contributed by atoms with E-state index < -0.39 is 11.9 Å². The lowest BCUT2D eigenvalue weighted by molar-refractivity contribution is 0.0734. The highest BCUT2D eigenvalue weighted by molar-refractivity contribution is 6.40. The fraction of sp³-hybridized carbons (Fsp3) is 0. The van der Waals surface area contributed by atoms with Gasteiger partial charge in [0.25, 0.3) is 5.91 Å². The summed E-state index contributed by atoms with van der Waals surface area (Å²) in [6.45, 7) is 0. The molecule has 0 radical (unpaired) electrons. The average molecular weight is 597 g/mol. The first-order chi connectivity index (χ1) is 18.8. The Balaban J connectivity index is 1.43. The standard InChI is InChI=1S/C29H17Cl4N3O3/c30-18-11-9-16(10-12-18)29(38)39-24-8-4-1-5-17(24)15-34-36-28(37)27-25(20-6-2-3-7-22(20)32)21-13-19(31)14-23(33)26(21)35-27/h1-15,35H,(H,36,37). The zero-order chi connectivity index (χ0) is 27.5. The first kappa shape index (κ1) is 26.8. The molecule has 10 heteroatoms. The number of aromatic amines is 1. The molecule has 1 amide bonds. The molecule has 0 unspecified atom stereocenters. The molecular formula is C29H17Cl4N3O3. The molecule has 0 bridgehead atoms. The molecule has 2 N–H and O–H groups in total. The lowest BCUT2D eigenvalue weighted by Gasteiger charge is -2.08.